The lowest BCUT2D eigenvalue weighted by Crippen LogP contribution is -2.38. The van der Waals surface area contributed by atoms with Gasteiger partial charge in [-0.05, 0) is 30.7 Å². The second kappa shape index (κ2) is 6.62. The number of rotatable bonds is 2. The molecule has 2 amide bonds. The number of nitrogens with one attached hydrogen (secondary N) is 3. The molecule has 1 rings (SSSR count). The van der Waals surface area contributed by atoms with E-state index in [0.717, 1.165) is 6.42 Å². The van der Waals surface area contributed by atoms with Crippen LogP contribution >= 0.6 is 11.9 Å². The summed E-state index contributed by atoms with van der Waals surface area (Å²) in [5.41, 5.74) is 0. The molecule has 0 saturated heterocycles. The van der Waals surface area contributed by atoms with Crippen molar-refractivity contribution >= 4 is 24.0 Å². The Morgan fingerprint density at radius 1 is 1.44 bits per heavy atom. The van der Waals surface area contributed by atoms with Crippen LogP contribution in [0.3, 0.4) is 0 Å². The number of hydrogen-bond acceptors (Lipinski definition) is 4. The van der Waals surface area contributed by atoms with Gasteiger partial charge >= 0.3 is 6.03 Å². The molecule has 0 bridgehead atoms. The highest BCUT2D eigenvalue weighted by atomic mass is 32.2. The lowest BCUT2D eigenvalue weighted by atomic mass is 9.90. The minimum atomic E-state index is -0.394. The molecule has 0 radical (unpaired) electrons. The van der Waals surface area contributed by atoms with Crippen molar-refractivity contribution in [2.75, 3.05) is 7.11 Å². The van der Waals surface area contributed by atoms with E-state index in [1.165, 1.54) is 38.3 Å². The summed E-state index contributed by atoms with van der Waals surface area (Å²) in [6.07, 6.45) is 4.90. The van der Waals surface area contributed by atoms with Gasteiger partial charge in [-0.25, -0.2) is 4.79 Å². The number of urea groups is 1. The molecule has 1 aliphatic rings. The number of carbonyl (C=O) groups is 1. The maximum atomic E-state index is 11.3. The van der Waals surface area contributed by atoms with Crippen LogP contribution in [0.25, 0.3) is 0 Å². The standard InChI is InChI=1S/C10H19N3O2S/c1-7-5-3-4-6-8(7)16-13-10(14)12-9(11)15-2/h7-8H,3-6H2,1-2H3,(H3,11,12,13,14). The number of carbonyl (C=O) groups excluding carboxylic acids is 1. The summed E-state index contributed by atoms with van der Waals surface area (Å²) in [6, 6.07) is -0.635. The number of ether oxygens (including phenoxy) is 1. The van der Waals surface area contributed by atoms with E-state index < -0.39 is 6.03 Å². The molecule has 0 aromatic rings. The fourth-order valence-electron chi connectivity index (χ4n) is 1.77. The highest BCUT2D eigenvalue weighted by Gasteiger charge is 2.22. The van der Waals surface area contributed by atoms with Gasteiger partial charge in [0.25, 0.3) is 6.02 Å². The van der Waals surface area contributed by atoms with E-state index in [1.54, 1.807) is 0 Å². The van der Waals surface area contributed by atoms with Gasteiger partial charge in [-0.2, -0.15) is 0 Å². The molecule has 0 heterocycles. The molecule has 3 N–H and O–H groups in total. The third-order valence-electron chi connectivity index (χ3n) is 2.77. The van der Waals surface area contributed by atoms with Crippen LogP contribution in [0.4, 0.5) is 4.79 Å². The Kier molecular flexibility index (Phi) is 5.45. The van der Waals surface area contributed by atoms with Crippen LogP contribution in [0, 0.1) is 11.3 Å². The Bertz CT molecular complexity index is 260. The first-order valence-corrected chi connectivity index (χ1v) is 6.36. The van der Waals surface area contributed by atoms with Gasteiger partial charge in [-0.15, -0.1) is 0 Å². The van der Waals surface area contributed by atoms with Gasteiger partial charge in [0.15, 0.2) is 0 Å². The van der Waals surface area contributed by atoms with Gasteiger partial charge in [-0.1, -0.05) is 19.8 Å². The molecule has 0 spiro atoms. The molecular weight excluding hydrogens is 226 g/mol. The number of methoxy groups -OCH3 is 1. The predicted molar refractivity (Wildman–Crippen MR) is 65.4 cm³/mol. The van der Waals surface area contributed by atoms with Crippen molar-refractivity contribution in [2.24, 2.45) is 5.92 Å². The molecule has 6 heteroatoms. The largest absolute Gasteiger partial charge is 0.468 e. The average molecular weight is 245 g/mol. The second-order valence-corrected chi connectivity index (χ2v) is 5.05. The van der Waals surface area contributed by atoms with Crippen LogP contribution < -0.4 is 10.0 Å². The molecule has 1 aliphatic carbocycles. The van der Waals surface area contributed by atoms with E-state index in [2.05, 4.69) is 21.7 Å². The predicted octanol–water partition coefficient (Wildman–Crippen LogP) is 2.09. The fourth-order valence-corrected chi connectivity index (χ4v) is 2.73. The second-order valence-electron chi connectivity index (χ2n) is 4.01. The van der Waals surface area contributed by atoms with Gasteiger partial charge in [0, 0.05) is 5.25 Å². The summed E-state index contributed by atoms with van der Waals surface area (Å²) in [7, 11) is 1.35. The maximum absolute atomic E-state index is 11.3. The minimum Gasteiger partial charge on any atom is -0.468 e. The molecule has 0 aromatic carbocycles. The van der Waals surface area contributed by atoms with Crippen molar-refractivity contribution in [2.45, 2.75) is 37.9 Å². The summed E-state index contributed by atoms with van der Waals surface area (Å²) >= 11 is 1.45. The lowest BCUT2D eigenvalue weighted by Gasteiger charge is -2.27. The monoisotopic (exact) mass is 245 g/mol. The van der Waals surface area contributed by atoms with Crippen LogP contribution in [0.5, 0.6) is 0 Å². The van der Waals surface area contributed by atoms with Gasteiger partial charge in [0.2, 0.25) is 0 Å². The highest BCUT2D eigenvalue weighted by molar-refractivity contribution is 7.98. The maximum Gasteiger partial charge on any atom is 0.332 e. The Balaban J connectivity index is 2.22. The summed E-state index contributed by atoms with van der Waals surface area (Å²) in [6.45, 7) is 2.22. The van der Waals surface area contributed by atoms with Gasteiger partial charge < -0.3 is 4.74 Å². The van der Waals surface area contributed by atoms with Crippen LogP contribution in [0.1, 0.15) is 32.6 Å². The SMILES string of the molecule is COC(=N)NC(=O)NSC1CCCCC1C. The van der Waals surface area contributed by atoms with E-state index in [1.807, 2.05) is 0 Å². The summed E-state index contributed by atoms with van der Waals surface area (Å²) < 4.78 is 7.23. The average Bonchev–Trinajstić information content (AvgIpc) is 2.28. The molecule has 1 fully saturated rings. The number of hydrogen-bond donors (Lipinski definition) is 3. The zero-order valence-corrected chi connectivity index (χ0v) is 10.5. The Labute approximate surface area is 100 Å². The van der Waals surface area contributed by atoms with E-state index in [4.69, 9.17) is 5.41 Å². The first-order chi connectivity index (χ1) is 7.63. The summed E-state index contributed by atoms with van der Waals surface area (Å²) in [5.74, 6) is 0.640. The Morgan fingerprint density at radius 3 is 2.75 bits per heavy atom. The molecule has 0 aromatic heterocycles. The molecule has 92 valence electrons. The van der Waals surface area contributed by atoms with E-state index in [0.29, 0.717) is 11.2 Å². The first-order valence-electron chi connectivity index (χ1n) is 5.48. The Hall–Kier alpha value is -0.910. The summed E-state index contributed by atoms with van der Waals surface area (Å²) in [4.78, 5) is 11.3. The number of amidine groups is 1. The molecule has 5 nitrogen and oxygen atoms in total. The van der Waals surface area contributed by atoms with Crippen molar-refractivity contribution in [3.8, 4) is 0 Å². The van der Waals surface area contributed by atoms with Crippen LogP contribution in [0.15, 0.2) is 0 Å². The Morgan fingerprint density at radius 2 is 2.12 bits per heavy atom. The third kappa shape index (κ3) is 4.30. The van der Waals surface area contributed by atoms with E-state index >= 15 is 0 Å². The smallest absolute Gasteiger partial charge is 0.332 e. The van der Waals surface area contributed by atoms with Crippen molar-refractivity contribution in [1.29, 1.82) is 5.41 Å². The zero-order valence-electron chi connectivity index (χ0n) is 9.71. The highest BCUT2D eigenvalue weighted by Crippen LogP contribution is 2.31. The molecule has 16 heavy (non-hydrogen) atoms. The van der Waals surface area contributed by atoms with Gasteiger partial charge in [-0.3, -0.25) is 15.4 Å². The quantitative estimate of drug-likeness (QED) is 0.396. The normalized spacial score (nSPS) is 24.6. The van der Waals surface area contributed by atoms with Crippen molar-refractivity contribution in [3.05, 3.63) is 0 Å². The molecule has 2 unspecified atom stereocenters. The first kappa shape index (κ1) is 13.2. The molecule has 2 atom stereocenters. The summed E-state index contributed by atoms with van der Waals surface area (Å²) in [5, 5.41) is 9.88. The molecule has 0 aliphatic heterocycles. The lowest BCUT2D eigenvalue weighted by molar-refractivity contribution is 0.247. The fraction of sp³-hybridized carbons (Fsp3) is 0.800. The van der Waals surface area contributed by atoms with E-state index in [9.17, 15) is 4.79 Å². The van der Waals surface area contributed by atoms with Crippen molar-refractivity contribution in [3.63, 3.8) is 0 Å². The van der Waals surface area contributed by atoms with Crippen molar-refractivity contribution < 1.29 is 9.53 Å². The van der Waals surface area contributed by atoms with Gasteiger partial charge in [0.05, 0.1) is 7.11 Å². The minimum absolute atomic E-state index is 0.241. The van der Waals surface area contributed by atoms with Gasteiger partial charge in [0.1, 0.15) is 0 Å². The third-order valence-corrected chi connectivity index (χ3v) is 4.07. The van der Waals surface area contributed by atoms with E-state index in [-0.39, 0.29) is 6.02 Å². The molecule has 1 saturated carbocycles. The molecular formula is C10H19N3O2S. The van der Waals surface area contributed by atoms with Crippen LogP contribution in [-0.2, 0) is 4.74 Å². The topological polar surface area (TPSA) is 74.2 Å². The van der Waals surface area contributed by atoms with Crippen LogP contribution in [-0.4, -0.2) is 24.4 Å². The van der Waals surface area contributed by atoms with Crippen molar-refractivity contribution in [1.82, 2.24) is 10.0 Å². The van der Waals surface area contributed by atoms with Crippen LogP contribution in [0.2, 0.25) is 0 Å². The zero-order chi connectivity index (χ0) is 12.0. The number of amides is 2.